The highest BCUT2D eigenvalue weighted by atomic mass is 32.1. The minimum Gasteiger partial charge on any atom is -0.287 e. The highest BCUT2D eigenvalue weighted by molar-refractivity contribution is 7.10. The van der Waals surface area contributed by atoms with Crippen molar-refractivity contribution in [3.8, 4) is 11.3 Å². The standard InChI is InChI=1S/C12H9N3S/c1-5-13-12-14-11-8-4-7-16-10(8)3-2-9(11)15(12)6-1/h1,4-7H,2-3H2. The van der Waals surface area contributed by atoms with E-state index in [9.17, 15) is 0 Å². The maximum absolute atomic E-state index is 4.63. The molecule has 0 amide bonds. The highest BCUT2D eigenvalue weighted by Gasteiger charge is 2.22. The van der Waals surface area contributed by atoms with Crippen molar-refractivity contribution in [2.24, 2.45) is 0 Å². The number of nitrogens with zero attached hydrogens (tertiary/aromatic N) is 3. The molecule has 1 aliphatic carbocycles. The molecule has 0 aliphatic heterocycles. The van der Waals surface area contributed by atoms with Crippen LogP contribution >= 0.6 is 11.3 Å². The van der Waals surface area contributed by atoms with Crippen molar-refractivity contribution in [2.75, 3.05) is 0 Å². The van der Waals surface area contributed by atoms with E-state index < -0.39 is 0 Å². The first-order valence-electron chi connectivity index (χ1n) is 5.32. The first-order valence-corrected chi connectivity index (χ1v) is 6.20. The Bertz CT molecular complexity index is 680. The lowest BCUT2D eigenvalue weighted by Gasteiger charge is -2.10. The Morgan fingerprint density at radius 1 is 1.31 bits per heavy atom. The number of imidazole rings is 1. The van der Waals surface area contributed by atoms with Gasteiger partial charge in [-0.25, -0.2) is 9.97 Å². The zero-order valence-electron chi connectivity index (χ0n) is 8.55. The number of rotatable bonds is 0. The maximum atomic E-state index is 4.63. The van der Waals surface area contributed by atoms with E-state index in [1.54, 1.807) is 6.20 Å². The van der Waals surface area contributed by atoms with Gasteiger partial charge in [0.1, 0.15) is 0 Å². The topological polar surface area (TPSA) is 30.2 Å². The van der Waals surface area contributed by atoms with E-state index in [2.05, 4.69) is 25.8 Å². The molecule has 0 spiro atoms. The van der Waals surface area contributed by atoms with Crippen molar-refractivity contribution >= 4 is 17.1 Å². The molecular formula is C12H9N3S. The Morgan fingerprint density at radius 3 is 3.31 bits per heavy atom. The quantitative estimate of drug-likeness (QED) is 0.591. The molecule has 3 heterocycles. The Kier molecular flexibility index (Phi) is 1.54. The van der Waals surface area contributed by atoms with Crippen LogP contribution in [-0.4, -0.2) is 14.4 Å². The van der Waals surface area contributed by atoms with Crippen molar-refractivity contribution < 1.29 is 0 Å². The zero-order chi connectivity index (χ0) is 10.5. The first-order chi connectivity index (χ1) is 7.93. The van der Waals surface area contributed by atoms with Crippen LogP contribution in [0.4, 0.5) is 0 Å². The molecule has 0 fully saturated rings. The summed E-state index contributed by atoms with van der Waals surface area (Å²) in [5.41, 5.74) is 3.73. The molecule has 1 aliphatic rings. The Labute approximate surface area is 96.4 Å². The van der Waals surface area contributed by atoms with Crippen LogP contribution in [0.25, 0.3) is 17.0 Å². The van der Waals surface area contributed by atoms with Crippen molar-refractivity contribution in [3.05, 3.63) is 40.5 Å². The molecule has 16 heavy (non-hydrogen) atoms. The molecule has 0 aromatic carbocycles. The van der Waals surface area contributed by atoms with Crippen LogP contribution in [0.3, 0.4) is 0 Å². The van der Waals surface area contributed by atoms with Crippen molar-refractivity contribution in [1.29, 1.82) is 0 Å². The Balaban J connectivity index is 2.13. The van der Waals surface area contributed by atoms with E-state index in [1.165, 1.54) is 16.1 Å². The van der Waals surface area contributed by atoms with Gasteiger partial charge in [-0.15, -0.1) is 11.3 Å². The van der Waals surface area contributed by atoms with Gasteiger partial charge >= 0.3 is 0 Å². The van der Waals surface area contributed by atoms with Crippen LogP contribution in [0, 0.1) is 0 Å². The summed E-state index contributed by atoms with van der Waals surface area (Å²) >= 11 is 1.83. The van der Waals surface area contributed by atoms with Crippen molar-refractivity contribution in [2.45, 2.75) is 12.8 Å². The number of aryl methyl sites for hydroxylation is 2. The second kappa shape index (κ2) is 2.92. The molecule has 0 saturated heterocycles. The molecule has 0 unspecified atom stereocenters. The van der Waals surface area contributed by atoms with E-state index in [-0.39, 0.29) is 0 Å². The largest absolute Gasteiger partial charge is 0.287 e. The van der Waals surface area contributed by atoms with E-state index in [0.29, 0.717) is 0 Å². The second-order valence-electron chi connectivity index (χ2n) is 3.95. The summed E-state index contributed by atoms with van der Waals surface area (Å²) in [5.74, 6) is 0.812. The van der Waals surface area contributed by atoms with E-state index in [0.717, 1.165) is 24.3 Å². The predicted molar refractivity (Wildman–Crippen MR) is 63.7 cm³/mol. The highest BCUT2D eigenvalue weighted by Crippen LogP contribution is 2.35. The van der Waals surface area contributed by atoms with Gasteiger partial charge < -0.3 is 0 Å². The van der Waals surface area contributed by atoms with E-state index >= 15 is 0 Å². The fourth-order valence-electron chi connectivity index (χ4n) is 2.37. The van der Waals surface area contributed by atoms with Gasteiger partial charge in [-0.2, -0.15) is 0 Å². The normalized spacial score (nSPS) is 13.8. The minimum absolute atomic E-state index is 0.812. The maximum Gasteiger partial charge on any atom is 0.234 e. The third-order valence-corrected chi connectivity index (χ3v) is 4.07. The summed E-state index contributed by atoms with van der Waals surface area (Å²) in [6, 6.07) is 4.13. The third kappa shape index (κ3) is 0.971. The van der Waals surface area contributed by atoms with Crippen LogP contribution in [0.2, 0.25) is 0 Å². The zero-order valence-corrected chi connectivity index (χ0v) is 9.37. The van der Waals surface area contributed by atoms with Crippen LogP contribution < -0.4 is 0 Å². The molecule has 4 rings (SSSR count). The van der Waals surface area contributed by atoms with Gasteiger partial charge in [0, 0.05) is 22.8 Å². The van der Waals surface area contributed by atoms with Crippen molar-refractivity contribution in [1.82, 2.24) is 14.4 Å². The van der Waals surface area contributed by atoms with Gasteiger partial charge in [0.05, 0.1) is 11.4 Å². The molecule has 78 valence electrons. The van der Waals surface area contributed by atoms with Gasteiger partial charge in [0.15, 0.2) is 0 Å². The fraction of sp³-hybridized carbons (Fsp3) is 0.167. The molecule has 0 bridgehead atoms. The van der Waals surface area contributed by atoms with Gasteiger partial charge in [0.2, 0.25) is 5.78 Å². The molecule has 0 atom stereocenters. The lowest BCUT2D eigenvalue weighted by Crippen LogP contribution is -2.02. The molecule has 0 radical (unpaired) electrons. The second-order valence-corrected chi connectivity index (χ2v) is 4.95. The van der Waals surface area contributed by atoms with Gasteiger partial charge in [-0.3, -0.25) is 4.40 Å². The smallest absolute Gasteiger partial charge is 0.234 e. The van der Waals surface area contributed by atoms with Crippen LogP contribution in [0.15, 0.2) is 29.9 Å². The fourth-order valence-corrected chi connectivity index (χ4v) is 3.25. The number of aromatic nitrogens is 3. The Morgan fingerprint density at radius 2 is 2.31 bits per heavy atom. The SMILES string of the molecule is c1cnc2nc3c(n2c1)CCc1sccc1-3. The molecule has 0 saturated carbocycles. The van der Waals surface area contributed by atoms with Crippen LogP contribution in [-0.2, 0) is 12.8 Å². The van der Waals surface area contributed by atoms with Crippen LogP contribution in [0.5, 0.6) is 0 Å². The third-order valence-electron chi connectivity index (χ3n) is 3.09. The van der Waals surface area contributed by atoms with Crippen LogP contribution in [0.1, 0.15) is 10.6 Å². The number of hydrogen-bond donors (Lipinski definition) is 0. The summed E-state index contributed by atoms with van der Waals surface area (Å²) in [5, 5.41) is 2.15. The average Bonchev–Trinajstić information content (AvgIpc) is 2.92. The molecule has 3 aromatic rings. The average molecular weight is 227 g/mol. The summed E-state index contributed by atoms with van der Waals surface area (Å²) < 4.78 is 2.11. The van der Waals surface area contributed by atoms with E-state index in [4.69, 9.17) is 0 Å². The Hall–Kier alpha value is -1.68. The predicted octanol–water partition coefficient (Wildman–Crippen LogP) is 2.56. The monoisotopic (exact) mass is 227 g/mol. The lowest BCUT2D eigenvalue weighted by atomic mass is 10.0. The lowest BCUT2D eigenvalue weighted by molar-refractivity contribution is 0.890. The van der Waals surface area contributed by atoms with Gasteiger partial charge in [-0.1, -0.05) is 0 Å². The molecule has 3 aromatic heterocycles. The van der Waals surface area contributed by atoms with E-state index in [1.807, 2.05) is 23.6 Å². The summed E-state index contributed by atoms with van der Waals surface area (Å²) in [6.45, 7) is 0. The summed E-state index contributed by atoms with van der Waals surface area (Å²) in [4.78, 5) is 10.4. The molecule has 4 heteroatoms. The molecule has 0 N–H and O–H groups in total. The first kappa shape index (κ1) is 8.47. The summed E-state index contributed by atoms with van der Waals surface area (Å²) in [6.07, 6.45) is 6.03. The van der Waals surface area contributed by atoms with Crippen molar-refractivity contribution in [3.63, 3.8) is 0 Å². The summed E-state index contributed by atoms with van der Waals surface area (Å²) in [7, 11) is 0. The van der Waals surface area contributed by atoms with Gasteiger partial charge in [0.25, 0.3) is 0 Å². The number of fused-ring (bicyclic) bond motifs is 5. The number of hydrogen-bond acceptors (Lipinski definition) is 3. The van der Waals surface area contributed by atoms with Gasteiger partial charge in [-0.05, 0) is 30.4 Å². The minimum atomic E-state index is 0.812. The molecular weight excluding hydrogens is 218 g/mol. The number of thiophene rings is 1. The molecule has 3 nitrogen and oxygen atoms in total.